The Morgan fingerprint density at radius 1 is 1.48 bits per heavy atom. The first-order valence-electron chi connectivity index (χ1n) is 7.98. The smallest absolute Gasteiger partial charge is 0.387 e. The van der Waals surface area contributed by atoms with Gasteiger partial charge in [-0.3, -0.25) is 4.79 Å². The zero-order valence-corrected chi connectivity index (χ0v) is 14.1. The number of alkyl halides is 2. The third kappa shape index (κ3) is 5.26. The van der Waals surface area contributed by atoms with Crippen LogP contribution in [0.15, 0.2) is 17.7 Å². The van der Waals surface area contributed by atoms with E-state index in [-0.39, 0.29) is 17.4 Å². The van der Waals surface area contributed by atoms with Gasteiger partial charge in [-0.15, -0.1) is 0 Å². The average molecular weight is 350 g/mol. The molecule has 134 valence electrons. The molecule has 0 spiro atoms. The Hall–Kier alpha value is -2.46. The molecule has 25 heavy (non-hydrogen) atoms. The minimum atomic E-state index is -2.91. The lowest BCUT2D eigenvalue weighted by molar-refractivity contribution is -0.117. The summed E-state index contributed by atoms with van der Waals surface area (Å²) in [6, 6.07) is 5.05. The lowest BCUT2D eigenvalue weighted by Gasteiger charge is -2.12. The van der Waals surface area contributed by atoms with Crippen molar-refractivity contribution in [2.75, 3.05) is 13.2 Å². The highest BCUT2D eigenvalue weighted by atomic mass is 19.3. The number of aryl methyl sites for hydroxylation is 2. The summed E-state index contributed by atoms with van der Waals surface area (Å²) in [4.78, 5) is 12.1. The number of nitrogens with zero attached hydrogens (tertiary/aromatic N) is 1. The quantitative estimate of drug-likeness (QED) is 0.632. The fraction of sp³-hybridized carbons (Fsp3) is 0.444. The fourth-order valence-electron chi connectivity index (χ4n) is 2.76. The molecule has 5 nitrogen and oxygen atoms in total. The van der Waals surface area contributed by atoms with Gasteiger partial charge in [0.1, 0.15) is 17.4 Å². The maximum atomic E-state index is 12.4. The van der Waals surface area contributed by atoms with Gasteiger partial charge >= 0.3 is 6.61 Å². The summed E-state index contributed by atoms with van der Waals surface area (Å²) < 4.78 is 34.8. The number of carbonyl (C=O) groups excluding carboxylic acids is 1. The van der Waals surface area contributed by atoms with E-state index in [1.54, 1.807) is 26.0 Å². The van der Waals surface area contributed by atoms with Gasteiger partial charge in [0.05, 0.1) is 6.10 Å². The van der Waals surface area contributed by atoms with Crippen molar-refractivity contribution in [3.8, 4) is 11.8 Å². The molecule has 1 aromatic carbocycles. The molecule has 1 fully saturated rings. The van der Waals surface area contributed by atoms with Crippen LogP contribution in [-0.4, -0.2) is 31.8 Å². The van der Waals surface area contributed by atoms with Crippen molar-refractivity contribution in [1.82, 2.24) is 5.32 Å². The SMILES string of the molecule is Cc1cc(/C=C(\C#N)C(=O)NC[C@@H]2CCCO2)cc(C)c1OC(F)F. The van der Waals surface area contributed by atoms with E-state index in [2.05, 4.69) is 10.1 Å². The first-order valence-corrected chi connectivity index (χ1v) is 7.98. The highest BCUT2D eigenvalue weighted by Crippen LogP contribution is 2.27. The molecule has 1 amide bonds. The van der Waals surface area contributed by atoms with Crippen molar-refractivity contribution in [2.45, 2.75) is 39.4 Å². The minimum Gasteiger partial charge on any atom is -0.434 e. The number of hydrogen-bond donors (Lipinski definition) is 1. The largest absolute Gasteiger partial charge is 0.434 e. The third-order valence-corrected chi connectivity index (χ3v) is 3.88. The van der Waals surface area contributed by atoms with Gasteiger partial charge in [-0.05, 0) is 61.6 Å². The van der Waals surface area contributed by atoms with E-state index < -0.39 is 12.5 Å². The zero-order valence-electron chi connectivity index (χ0n) is 14.1. The summed E-state index contributed by atoms with van der Waals surface area (Å²) in [6.45, 7) is 1.40. The number of hydrogen-bond acceptors (Lipinski definition) is 4. The number of halogens is 2. The lowest BCUT2D eigenvalue weighted by Crippen LogP contribution is -2.32. The predicted molar refractivity (Wildman–Crippen MR) is 88.1 cm³/mol. The molecule has 1 heterocycles. The van der Waals surface area contributed by atoms with Crippen LogP contribution in [0, 0.1) is 25.2 Å². The van der Waals surface area contributed by atoms with Gasteiger partial charge < -0.3 is 14.8 Å². The van der Waals surface area contributed by atoms with E-state index in [9.17, 15) is 18.8 Å². The predicted octanol–water partition coefficient (Wildman–Crippen LogP) is 3.11. The normalized spacial score (nSPS) is 17.4. The van der Waals surface area contributed by atoms with Crippen molar-refractivity contribution in [3.05, 3.63) is 34.4 Å². The topological polar surface area (TPSA) is 71.4 Å². The maximum absolute atomic E-state index is 12.4. The maximum Gasteiger partial charge on any atom is 0.387 e. The summed E-state index contributed by atoms with van der Waals surface area (Å²) >= 11 is 0. The summed E-state index contributed by atoms with van der Waals surface area (Å²) in [6.07, 6.45) is 3.26. The Bertz CT molecular complexity index is 682. The second kappa shape index (κ2) is 8.58. The van der Waals surface area contributed by atoms with Crippen molar-refractivity contribution < 1.29 is 23.0 Å². The second-order valence-corrected chi connectivity index (χ2v) is 5.88. The van der Waals surface area contributed by atoms with E-state index >= 15 is 0 Å². The summed E-state index contributed by atoms with van der Waals surface area (Å²) in [5.41, 5.74) is 1.52. The van der Waals surface area contributed by atoms with E-state index in [1.807, 2.05) is 6.07 Å². The molecule has 0 unspecified atom stereocenters. The number of ether oxygens (including phenoxy) is 2. The number of carbonyl (C=O) groups is 1. The Labute approximate surface area is 145 Å². The van der Waals surface area contributed by atoms with Gasteiger partial charge in [0, 0.05) is 13.2 Å². The number of nitriles is 1. The van der Waals surface area contributed by atoms with Crippen molar-refractivity contribution in [3.63, 3.8) is 0 Å². The van der Waals surface area contributed by atoms with E-state index in [1.165, 1.54) is 6.08 Å². The Morgan fingerprint density at radius 3 is 2.68 bits per heavy atom. The molecule has 7 heteroatoms. The van der Waals surface area contributed by atoms with Crippen LogP contribution in [0.25, 0.3) is 6.08 Å². The van der Waals surface area contributed by atoms with Crippen molar-refractivity contribution in [2.24, 2.45) is 0 Å². The highest BCUT2D eigenvalue weighted by molar-refractivity contribution is 6.01. The molecule has 0 bridgehead atoms. The minimum absolute atomic E-state index is 0.0147. The number of amides is 1. The monoisotopic (exact) mass is 350 g/mol. The number of benzene rings is 1. The number of rotatable bonds is 6. The van der Waals surface area contributed by atoms with Gasteiger partial charge in [-0.25, -0.2) is 0 Å². The molecular formula is C18H20F2N2O3. The van der Waals surface area contributed by atoms with Crippen molar-refractivity contribution >= 4 is 12.0 Å². The standard InChI is InChI=1S/C18H20F2N2O3/c1-11-6-13(7-12(2)16(11)25-18(19)20)8-14(9-21)17(23)22-10-15-4-3-5-24-15/h6-8,15,18H,3-5,10H2,1-2H3,(H,22,23)/b14-8+/t15-/m0/s1. The van der Waals surface area contributed by atoms with E-state index in [4.69, 9.17) is 4.74 Å². The first kappa shape index (κ1) is 18.9. The Kier molecular flexibility index (Phi) is 6.48. The van der Waals surface area contributed by atoms with Gasteiger partial charge in [-0.2, -0.15) is 14.0 Å². The van der Waals surface area contributed by atoms with Crippen LogP contribution in [0.3, 0.4) is 0 Å². The van der Waals surface area contributed by atoms with Crippen LogP contribution in [0.1, 0.15) is 29.5 Å². The molecule has 1 atom stereocenters. The second-order valence-electron chi connectivity index (χ2n) is 5.88. The fourth-order valence-corrected chi connectivity index (χ4v) is 2.76. The van der Waals surface area contributed by atoms with E-state index in [0.29, 0.717) is 29.8 Å². The van der Waals surface area contributed by atoms with Gasteiger partial charge in [0.25, 0.3) is 5.91 Å². The molecular weight excluding hydrogens is 330 g/mol. The summed E-state index contributed by atoms with van der Waals surface area (Å²) in [7, 11) is 0. The zero-order chi connectivity index (χ0) is 18.4. The average Bonchev–Trinajstić information content (AvgIpc) is 3.07. The van der Waals surface area contributed by atoms with E-state index in [0.717, 1.165) is 12.8 Å². The molecule has 0 aliphatic carbocycles. The summed E-state index contributed by atoms with van der Waals surface area (Å²) in [5.74, 6) is -0.380. The van der Waals surface area contributed by atoms with Gasteiger partial charge in [0.15, 0.2) is 0 Å². The summed E-state index contributed by atoms with van der Waals surface area (Å²) in [5, 5.41) is 11.9. The van der Waals surface area contributed by atoms with Crippen LogP contribution >= 0.6 is 0 Å². The van der Waals surface area contributed by atoms with Crippen LogP contribution in [0.2, 0.25) is 0 Å². The first-order chi connectivity index (χ1) is 11.9. The molecule has 0 aromatic heterocycles. The van der Waals surface area contributed by atoms with Crippen LogP contribution in [-0.2, 0) is 9.53 Å². The van der Waals surface area contributed by atoms with Crippen LogP contribution in [0.4, 0.5) is 8.78 Å². The molecule has 1 aromatic rings. The molecule has 1 aliphatic heterocycles. The van der Waals surface area contributed by atoms with Crippen LogP contribution in [0.5, 0.6) is 5.75 Å². The molecule has 1 N–H and O–H groups in total. The highest BCUT2D eigenvalue weighted by Gasteiger charge is 2.18. The molecule has 0 saturated carbocycles. The molecule has 2 rings (SSSR count). The van der Waals surface area contributed by atoms with Crippen LogP contribution < -0.4 is 10.1 Å². The molecule has 1 saturated heterocycles. The molecule has 1 aliphatic rings. The Balaban J connectivity index is 2.12. The van der Waals surface area contributed by atoms with Gasteiger partial charge in [0.2, 0.25) is 0 Å². The third-order valence-electron chi connectivity index (χ3n) is 3.88. The number of nitrogens with one attached hydrogen (secondary N) is 1. The Morgan fingerprint density at radius 2 is 2.16 bits per heavy atom. The van der Waals surface area contributed by atoms with Gasteiger partial charge in [-0.1, -0.05) is 0 Å². The molecule has 0 radical (unpaired) electrons. The van der Waals surface area contributed by atoms with Crippen molar-refractivity contribution in [1.29, 1.82) is 5.26 Å². The lowest BCUT2D eigenvalue weighted by atomic mass is 10.0.